The van der Waals surface area contributed by atoms with E-state index < -0.39 is 0 Å². The molecule has 6 nitrogen and oxygen atoms in total. The van der Waals surface area contributed by atoms with Crippen LogP contribution in [0.1, 0.15) is 12.8 Å². The molecule has 0 radical (unpaired) electrons. The Bertz CT molecular complexity index is 528. The summed E-state index contributed by atoms with van der Waals surface area (Å²) < 4.78 is 10.3. The molecule has 2 rings (SSSR count). The van der Waals surface area contributed by atoms with Crippen LogP contribution >= 0.6 is 0 Å². The molecule has 1 heterocycles. The summed E-state index contributed by atoms with van der Waals surface area (Å²) in [5.41, 5.74) is 0.623. The minimum Gasteiger partial charge on any atom is -0.493 e. The van der Waals surface area contributed by atoms with Crippen LogP contribution in [-0.2, 0) is 0 Å². The highest BCUT2D eigenvalue weighted by Crippen LogP contribution is 2.29. The third kappa shape index (κ3) is 3.20. The van der Waals surface area contributed by atoms with Gasteiger partial charge in [0, 0.05) is 31.8 Å². The Kier molecular flexibility index (Phi) is 4.45. The van der Waals surface area contributed by atoms with Crippen LogP contribution in [0.5, 0.6) is 11.5 Å². The van der Waals surface area contributed by atoms with E-state index in [1.807, 2.05) is 11.9 Å². The number of aliphatic imine (C=N–C) groups is 1. The maximum absolute atomic E-state index is 11.9. The first-order valence-electron chi connectivity index (χ1n) is 6.45. The van der Waals surface area contributed by atoms with Gasteiger partial charge >= 0.3 is 6.03 Å². The number of carbonyl (C=O) groups is 1. The van der Waals surface area contributed by atoms with Crippen molar-refractivity contribution in [3.05, 3.63) is 18.2 Å². The second kappa shape index (κ2) is 6.27. The lowest BCUT2D eigenvalue weighted by molar-refractivity contribution is 0.259. The Morgan fingerprint density at radius 2 is 2.05 bits per heavy atom. The molecule has 2 amide bonds. The van der Waals surface area contributed by atoms with Crippen molar-refractivity contribution in [3.8, 4) is 11.5 Å². The summed E-state index contributed by atoms with van der Waals surface area (Å²) >= 11 is 0. The molecule has 0 aromatic heterocycles. The number of carbonyl (C=O) groups excluding carboxylic acids is 1. The first kappa shape index (κ1) is 14.2. The lowest BCUT2D eigenvalue weighted by atomic mass is 10.3. The third-order valence-electron chi connectivity index (χ3n) is 3.20. The van der Waals surface area contributed by atoms with Gasteiger partial charge in [0.15, 0.2) is 11.5 Å². The summed E-state index contributed by atoms with van der Waals surface area (Å²) in [7, 11) is 5.06. The average Bonchev–Trinajstić information content (AvgIpc) is 2.84. The van der Waals surface area contributed by atoms with Crippen molar-refractivity contribution >= 4 is 17.6 Å². The SMILES string of the molecule is COc1ccc(NC(=O)/N=C2\CCCN2C)cc1OC. The minimum atomic E-state index is -0.374. The number of benzene rings is 1. The molecule has 6 heteroatoms. The number of methoxy groups -OCH3 is 2. The van der Waals surface area contributed by atoms with E-state index in [2.05, 4.69) is 10.3 Å². The van der Waals surface area contributed by atoms with Crippen molar-refractivity contribution < 1.29 is 14.3 Å². The lowest BCUT2D eigenvalue weighted by Crippen LogP contribution is -2.21. The van der Waals surface area contributed by atoms with E-state index in [1.165, 1.54) is 0 Å². The normalized spacial score (nSPS) is 16.4. The summed E-state index contributed by atoms with van der Waals surface area (Å²) in [5, 5.41) is 2.73. The van der Waals surface area contributed by atoms with Crippen molar-refractivity contribution in [2.75, 3.05) is 33.1 Å². The monoisotopic (exact) mass is 277 g/mol. The van der Waals surface area contributed by atoms with Gasteiger partial charge in [-0.3, -0.25) is 0 Å². The summed E-state index contributed by atoms with van der Waals surface area (Å²) in [4.78, 5) is 17.9. The van der Waals surface area contributed by atoms with E-state index in [-0.39, 0.29) is 6.03 Å². The van der Waals surface area contributed by atoms with Crippen LogP contribution in [0.15, 0.2) is 23.2 Å². The van der Waals surface area contributed by atoms with Crippen molar-refractivity contribution in [2.24, 2.45) is 4.99 Å². The Balaban J connectivity index is 2.08. The second-order valence-electron chi connectivity index (χ2n) is 4.55. The van der Waals surface area contributed by atoms with Crippen LogP contribution in [0.4, 0.5) is 10.5 Å². The predicted molar refractivity (Wildman–Crippen MR) is 77.9 cm³/mol. The number of amidine groups is 1. The Morgan fingerprint density at radius 1 is 1.30 bits per heavy atom. The van der Waals surface area contributed by atoms with Crippen LogP contribution in [-0.4, -0.2) is 44.6 Å². The highest BCUT2D eigenvalue weighted by atomic mass is 16.5. The van der Waals surface area contributed by atoms with Crippen LogP contribution < -0.4 is 14.8 Å². The van der Waals surface area contributed by atoms with Gasteiger partial charge in [-0.15, -0.1) is 0 Å². The van der Waals surface area contributed by atoms with Gasteiger partial charge in [0.1, 0.15) is 5.84 Å². The van der Waals surface area contributed by atoms with Gasteiger partial charge in [-0.2, -0.15) is 4.99 Å². The molecule has 1 saturated heterocycles. The van der Waals surface area contributed by atoms with Crippen molar-refractivity contribution in [2.45, 2.75) is 12.8 Å². The van der Waals surface area contributed by atoms with Gasteiger partial charge < -0.3 is 19.7 Å². The maximum atomic E-state index is 11.9. The molecule has 0 spiro atoms. The van der Waals surface area contributed by atoms with Crippen LogP contribution in [0.2, 0.25) is 0 Å². The number of nitrogens with zero attached hydrogens (tertiary/aromatic N) is 2. The number of hydrogen-bond donors (Lipinski definition) is 1. The van der Waals surface area contributed by atoms with Gasteiger partial charge in [-0.25, -0.2) is 4.79 Å². The van der Waals surface area contributed by atoms with Crippen LogP contribution in [0, 0.1) is 0 Å². The zero-order valence-electron chi connectivity index (χ0n) is 12.0. The third-order valence-corrected chi connectivity index (χ3v) is 3.20. The number of rotatable bonds is 3. The zero-order chi connectivity index (χ0) is 14.5. The van der Waals surface area contributed by atoms with Crippen molar-refractivity contribution in [1.29, 1.82) is 0 Å². The minimum absolute atomic E-state index is 0.374. The van der Waals surface area contributed by atoms with E-state index in [0.29, 0.717) is 17.2 Å². The fourth-order valence-corrected chi connectivity index (χ4v) is 2.12. The molecule has 1 aliphatic heterocycles. The summed E-state index contributed by atoms with van der Waals surface area (Å²) in [6, 6.07) is 4.82. The molecule has 1 aromatic carbocycles. The number of anilines is 1. The standard InChI is InChI=1S/C14H19N3O3/c1-17-8-4-5-13(17)16-14(18)15-10-6-7-11(19-2)12(9-10)20-3/h6-7,9H,4-5,8H2,1-3H3,(H,15,18)/b16-13+. The average molecular weight is 277 g/mol. The smallest absolute Gasteiger partial charge is 0.347 e. The molecule has 0 unspecified atom stereocenters. The molecule has 1 aromatic rings. The van der Waals surface area contributed by atoms with Gasteiger partial charge in [-0.05, 0) is 18.6 Å². The summed E-state index contributed by atoms with van der Waals surface area (Å²) in [6.07, 6.45) is 1.88. The van der Waals surface area contributed by atoms with Crippen molar-refractivity contribution in [3.63, 3.8) is 0 Å². The molecule has 0 bridgehead atoms. The Morgan fingerprint density at radius 3 is 2.65 bits per heavy atom. The molecule has 0 atom stereocenters. The van der Waals surface area contributed by atoms with Gasteiger partial charge in [-0.1, -0.05) is 0 Å². The van der Waals surface area contributed by atoms with Gasteiger partial charge in [0.2, 0.25) is 0 Å². The molecular formula is C14H19N3O3. The number of urea groups is 1. The van der Waals surface area contributed by atoms with E-state index in [1.54, 1.807) is 32.4 Å². The highest BCUT2D eigenvalue weighted by Gasteiger charge is 2.15. The van der Waals surface area contributed by atoms with Gasteiger partial charge in [0.05, 0.1) is 14.2 Å². The predicted octanol–water partition coefficient (Wildman–Crippen LogP) is 2.36. The topological polar surface area (TPSA) is 63.2 Å². The number of nitrogens with one attached hydrogen (secondary N) is 1. The summed E-state index contributed by atoms with van der Waals surface area (Å²) in [5.74, 6) is 2.01. The van der Waals surface area contributed by atoms with Crippen molar-refractivity contribution in [1.82, 2.24) is 4.90 Å². The Labute approximate surface area is 118 Å². The first-order chi connectivity index (χ1) is 9.63. The van der Waals surface area contributed by atoms with E-state index in [9.17, 15) is 4.79 Å². The fourth-order valence-electron chi connectivity index (χ4n) is 2.12. The fraction of sp³-hybridized carbons (Fsp3) is 0.429. The molecule has 0 saturated carbocycles. The summed E-state index contributed by atoms with van der Waals surface area (Å²) in [6.45, 7) is 0.947. The van der Waals surface area contributed by atoms with E-state index >= 15 is 0 Å². The molecule has 1 N–H and O–H groups in total. The molecule has 20 heavy (non-hydrogen) atoms. The zero-order valence-corrected chi connectivity index (χ0v) is 12.0. The van der Waals surface area contributed by atoms with E-state index in [0.717, 1.165) is 25.2 Å². The van der Waals surface area contributed by atoms with Crippen LogP contribution in [0.25, 0.3) is 0 Å². The first-order valence-corrected chi connectivity index (χ1v) is 6.45. The number of ether oxygens (including phenoxy) is 2. The highest BCUT2D eigenvalue weighted by molar-refractivity contribution is 6.00. The quantitative estimate of drug-likeness (QED) is 0.921. The molecule has 1 aliphatic rings. The largest absolute Gasteiger partial charge is 0.493 e. The van der Waals surface area contributed by atoms with Crippen LogP contribution in [0.3, 0.4) is 0 Å². The number of likely N-dealkylation sites (tertiary alicyclic amines) is 1. The number of amides is 2. The Hall–Kier alpha value is -2.24. The molecule has 0 aliphatic carbocycles. The second-order valence-corrected chi connectivity index (χ2v) is 4.55. The molecular weight excluding hydrogens is 258 g/mol. The molecule has 1 fully saturated rings. The van der Waals surface area contributed by atoms with E-state index in [4.69, 9.17) is 9.47 Å². The lowest BCUT2D eigenvalue weighted by Gasteiger charge is -2.11. The maximum Gasteiger partial charge on any atom is 0.347 e. The van der Waals surface area contributed by atoms with Gasteiger partial charge in [0.25, 0.3) is 0 Å². The number of hydrogen-bond acceptors (Lipinski definition) is 3. The molecule has 108 valence electrons.